The van der Waals surface area contributed by atoms with E-state index >= 15 is 0 Å². The number of ether oxygens (including phenoxy) is 1. The van der Waals surface area contributed by atoms with E-state index in [2.05, 4.69) is 0 Å². The van der Waals surface area contributed by atoms with Crippen molar-refractivity contribution in [2.75, 3.05) is 13.1 Å². The van der Waals surface area contributed by atoms with Gasteiger partial charge in [-0.1, -0.05) is 6.08 Å². The van der Waals surface area contributed by atoms with Gasteiger partial charge in [-0.3, -0.25) is 20.3 Å². The van der Waals surface area contributed by atoms with Crippen LogP contribution in [0.15, 0.2) is 18.2 Å². The van der Waals surface area contributed by atoms with Crippen LogP contribution in [0.1, 0.15) is 30.4 Å². The molecule has 0 spiro atoms. The summed E-state index contributed by atoms with van der Waals surface area (Å²) < 4.78 is 42.7. The fourth-order valence-electron chi connectivity index (χ4n) is 2.84. The van der Waals surface area contributed by atoms with Crippen molar-refractivity contribution in [3.8, 4) is 5.75 Å². The Bertz CT molecular complexity index is 803. The summed E-state index contributed by atoms with van der Waals surface area (Å²) in [6.07, 6.45) is -1.14. The predicted octanol–water partition coefficient (Wildman–Crippen LogP) is 3.13. The normalized spacial score (nSPS) is 18.0. The summed E-state index contributed by atoms with van der Waals surface area (Å²) in [7, 11) is 0. The molecule has 1 N–H and O–H groups in total. The van der Waals surface area contributed by atoms with Crippen LogP contribution in [-0.4, -0.2) is 41.2 Å². The Morgan fingerprint density at radius 1 is 1.37 bits per heavy atom. The molecule has 7 nitrogen and oxygen atoms in total. The summed E-state index contributed by atoms with van der Waals surface area (Å²) >= 11 is 0. The monoisotopic (exact) mass is 385 g/mol. The molecule has 1 aliphatic carbocycles. The molecule has 1 aromatic carbocycles. The van der Waals surface area contributed by atoms with E-state index in [0.29, 0.717) is 12.0 Å². The number of hydrogen-bond donors (Lipinski definition) is 1. The van der Waals surface area contributed by atoms with Crippen LogP contribution in [0.3, 0.4) is 0 Å². The van der Waals surface area contributed by atoms with Crippen molar-refractivity contribution in [2.24, 2.45) is 0 Å². The Labute approximate surface area is 152 Å². The van der Waals surface area contributed by atoms with Crippen molar-refractivity contribution >= 4 is 17.2 Å². The molecule has 10 heteroatoms. The van der Waals surface area contributed by atoms with Gasteiger partial charge < -0.3 is 4.74 Å². The molecular weight excluding hydrogens is 367 g/mol. The van der Waals surface area contributed by atoms with Crippen molar-refractivity contribution in [3.63, 3.8) is 0 Å². The van der Waals surface area contributed by atoms with Crippen molar-refractivity contribution in [1.29, 1.82) is 0 Å². The summed E-state index contributed by atoms with van der Waals surface area (Å²) in [6.45, 7) is 2.04. The number of nitro groups is 1. The van der Waals surface area contributed by atoms with E-state index in [1.165, 1.54) is 11.1 Å². The van der Waals surface area contributed by atoms with E-state index in [-0.39, 0.29) is 30.6 Å². The Balaban J connectivity index is 1.78. The van der Waals surface area contributed by atoms with Crippen LogP contribution in [0.2, 0.25) is 0 Å². The number of nitrogens with zero attached hydrogens (tertiary/aromatic N) is 2. The molecule has 1 aromatic rings. The van der Waals surface area contributed by atoms with Crippen molar-refractivity contribution in [1.82, 2.24) is 10.4 Å². The van der Waals surface area contributed by atoms with Gasteiger partial charge in [-0.2, -0.15) is 13.2 Å². The first-order valence-corrected chi connectivity index (χ1v) is 8.43. The molecule has 0 saturated heterocycles. The number of halogens is 3. The number of hydrogen-bond acceptors (Lipinski definition) is 5. The van der Waals surface area contributed by atoms with Crippen LogP contribution in [-0.2, 0) is 4.79 Å². The molecule has 1 fully saturated rings. The zero-order valence-electron chi connectivity index (χ0n) is 14.5. The molecule has 0 unspecified atom stereocenters. The van der Waals surface area contributed by atoms with Gasteiger partial charge in [0.2, 0.25) is 0 Å². The fourth-order valence-corrected chi connectivity index (χ4v) is 2.84. The zero-order chi connectivity index (χ0) is 19.8. The van der Waals surface area contributed by atoms with E-state index in [1.807, 2.05) is 5.43 Å². The van der Waals surface area contributed by atoms with Crippen molar-refractivity contribution in [2.45, 2.75) is 38.5 Å². The Hall–Kier alpha value is -2.62. The van der Waals surface area contributed by atoms with Gasteiger partial charge in [-0.15, -0.1) is 0 Å². The minimum absolute atomic E-state index is 0.00679. The highest BCUT2D eigenvalue weighted by Crippen LogP contribution is 2.38. The van der Waals surface area contributed by atoms with Crippen LogP contribution < -0.4 is 10.2 Å². The Morgan fingerprint density at radius 2 is 2.07 bits per heavy atom. The van der Waals surface area contributed by atoms with Gasteiger partial charge in [0.25, 0.3) is 0 Å². The molecule has 1 amide bonds. The molecule has 1 saturated carbocycles. The van der Waals surface area contributed by atoms with Gasteiger partial charge in [0.15, 0.2) is 5.75 Å². The molecule has 0 atom stereocenters. The molecule has 27 heavy (non-hydrogen) atoms. The third-order valence-electron chi connectivity index (χ3n) is 4.39. The van der Waals surface area contributed by atoms with Crippen molar-refractivity contribution in [3.05, 3.63) is 39.4 Å². The smallest absolute Gasteiger partial charge is 0.472 e. The first kappa shape index (κ1) is 19.2. The number of nitrogens with one attached hydrogen (secondary N) is 1. The lowest BCUT2D eigenvalue weighted by atomic mass is 9.95. The summed E-state index contributed by atoms with van der Waals surface area (Å²) in [4.78, 5) is 21.8. The first-order chi connectivity index (χ1) is 12.6. The number of aryl methyl sites for hydroxylation is 1. The summed E-state index contributed by atoms with van der Waals surface area (Å²) in [5, 5.41) is 12.4. The second kappa shape index (κ2) is 7.18. The number of carbonyl (C=O) groups is 1. The lowest BCUT2D eigenvalue weighted by molar-refractivity contribution is -0.386. The van der Waals surface area contributed by atoms with Crippen LogP contribution in [0.4, 0.5) is 18.9 Å². The standard InChI is InChI=1S/C17H18F3N3O4/c1-10-8-14(23(25)26)15(27-12-2-3-12)9-13(10)11-4-6-22(7-5-11)21-16(24)17(18,19)20/h4,8-9,12H,2-3,5-7H2,1H3,(H,21,24). The number of carbonyl (C=O) groups excluding carboxylic acids is 1. The largest absolute Gasteiger partial charge is 0.483 e. The van der Waals surface area contributed by atoms with Gasteiger partial charge in [-0.25, -0.2) is 5.01 Å². The maximum Gasteiger partial charge on any atom is 0.472 e. The maximum absolute atomic E-state index is 12.3. The van der Waals surface area contributed by atoms with Gasteiger partial charge in [0.1, 0.15) is 0 Å². The highest BCUT2D eigenvalue weighted by molar-refractivity contribution is 5.81. The maximum atomic E-state index is 12.3. The third kappa shape index (κ3) is 4.57. The average molecular weight is 385 g/mol. The third-order valence-corrected chi connectivity index (χ3v) is 4.39. The summed E-state index contributed by atoms with van der Waals surface area (Å²) in [5.41, 5.74) is 4.02. The fraction of sp³-hybridized carbons (Fsp3) is 0.471. The van der Waals surface area contributed by atoms with Crippen molar-refractivity contribution < 1.29 is 27.6 Å². The topological polar surface area (TPSA) is 84.7 Å². The number of rotatable bonds is 5. The van der Waals surface area contributed by atoms with Gasteiger partial charge in [-0.05, 0) is 49.0 Å². The molecule has 0 bridgehead atoms. The average Bonchev–Trinajstić information content (AvgIpc) is 3.40. The van der Waals surface area contributed by atoms with E-state index in [0.717, 1.165) is 24.0 Å². The molecule has 1 heterocycles. The first-order valence-electron chi connectivity index (χ1n) is 8.43. The molecule has 1 aliphatic heterocycles. The van der Waals surface area contributed by atoms with Crippen LogP contribution in [0.25, 0.3) is 5.57 Å². The van der Waals surface area contributed by atoms with E-state index in [9.17, 15) is 28.1 Å². The Morgan fingerprint density at radius 3 is 2.59 bits per heavy atom. The van der Waals surface area contributed by atoms with Gasteiger partial charge in [0.05, 0.1) is 11.0 Å². The summed E-state index contributed by atoms with van der Waals surface area (Å²) in [5.74, 6) is -1.80. The predicted molar refractivity (Wildman–Crippen MR) is 89.8 cm³/mol. The minimum atomic E-state index is -4.94. The number of amides is 1. The highest BCUT2D eigenvalue weighted by Gasteiger charge is 2.39. The highest BCUT2D eigenvalue weighted by atomic mass is 19.4. The molecule has 146 valence electrons. The lowest BCUT2D eigenvalue weighted by Gasteiger charge is -2.27. The SMILES string of the molecule is Cc1cc([N+](=O)[O-])c(OC2CC2)cc1C1=CCN(NC(=O)C(F)(F)F)CC1. The summed E-state index contributed by atoms with van der Waals surface area (Å²) in [6, 6.07) is 3.08. The molecule has 3 rings (SSSR count). The quantitative estimate of drug-likeness (QED) is 0.622. The molecular formula is C17H18F3N3O4. The van der Waals surface area contributed by atoms with Gasteiger partial charge >= 0.3 is 17.8 Å². The number of benzene rings is 1. The van der Waals surface area contributed by atoms with Crippen LogP contribution >= 0.6 is 0 Å². The molecule has 2 aliphatic rings. The lowest BCUT2D eigenvalue weighted by Crippen LogP contribution is -2.49. The minimum Gasteiger partial charge on any atom is -0.483 e. The Kier molecular flexibility index (Phi) is 5.09. The molecule has 0 aromatic heterocycles. The number of nitro benzene ring substituents is 1. The van der Waals surface area contributed by atoms with E-state index in [4.69, 9.17) is 4.74 Å². The second-order valence-corrected chi connectivity index (χ2v) is 6.57. The zero-order valence-corrected chi connectivity index (χ0v) is 14.5. The van der Waals surface area contributed by atoms with Crippen LogP contribution in [0.5, 0.6) is 5.75 Å². The number of alkyl halides is 3. The van der Waals surface area contributed by atoms with Gasteiger partial charge in [0, 0.05) is 19.2 Å². The van der Waals surface area contributed by atoms with E-state index in [1.54, 1.807) is 19.1 Å². The van der Waals surface area contributed by atoms with E-state index < -0.39 is 17.0 Å². The van der Waals surface area contributed by atoms with Crippen LogP contribution in [0, 0.1) is 17.0 Å². The molecule has 0 radical (unpaired) electrons. The number of hydrazine groups is 1. The second-order valence-electron chi connectivity index (χ2n) is 6.57.